The number of aryl methyl sites for hydroxylation is 1. The predicted octanol–water partition coefficient (Wildman–Crippen LogP) is 0.997. The van der Waals surface area contributed by atoms with Crippen molar-refractivity contribution in [1.29, 1.82) is 0 Å². The number of ether oxygens (including phenoxy) is 1. The van der Waals surface area contributed by atoms with Gasteiger partial charge in [-0.1, -0.05) is 6.92 Å². The maximum atomic E-state index is 12.4. The van der Waals surface area contributed by atoms with E-state index in [-0.39, 0.29) is 12.5 Å². The van der Waals surface area contributed by atoms with Crippen LogP contribution in [0, 0.1) is 6.92 Å². The molecule has 19 heavy (non-hydrogen) atoms. The van der Waals surface area contributed by atoms with Gasteiger partial charge < -0.3 is 15.4 Å². The summed E-state index contributed by atoms with van der Waals surface area (Å²) in [4.78, 5) is 29.2. The molecule has 0 fully saturated rings. The Labute approximate surface area is 112 Å². The van der Waals surface area contributed by atoms with Crippen LogP contribution >= 0.6 is 0 Å². The van der Waals surface area contributed by atoms with Crippen LogP contribution < -0.4 is 5.73 Å². The van der Waals surface area contributed by atoms with Gasteiger partial charge in [0.2, 0.25) is 0 Å². The summed E-state index contributed by atoms with van der Waals surface area (Å²) in [5, 5.41) is 0. The van der Waals surface area contributed by atoms with Crippen molar-refractivity contribution in [3.63, 3.8) is 0 Å². The Morgan fingerprint density at radius 1 is 1.47 bits per heavy atom. The zero-order valence-electron chi connectivity index (χ0n) is 11.5. The molecule has 0 spiro atoms. The quantitative estimate of drug-likeness (QED) is 0.803. The first-order valence-corrected chi connectivity index (χ1v) is 6.07. The van der Waals surface area contributed by atoms with Gasteiger partial charge in [-0.05, 0) is 19.4 Å². The highest BCUT2D eigenvalue weighted by molar-refractivity contribution is 5.97. The first-order valence-electron chi connectivity index (χ1n) is 6.07. The fourth-order valence-electron chi connectivity index (χ4n) is 1.68. The van der Waals surface area contributed by atoms with Crippen molar-refractivity contribution in [3.05, 3.63) is 23.5 Å². The van der Waals surface area contributed by atoms with E-state index >= 15 is 0 Å². The van der Waals surface area contributed by atoms with Crippen LogP contribution in [0.25, 0.3) is 0 Å². The molecule has 0 saturated heterocycles. The number of nitrogens with two attached hydrogens (primary N) is 1. The maximum absolute atomic E-state index is 12.4. The van der Waals surface area contributed by atoms with Gasteiger partial charge in [0, 0.05) is 6.54 Å². The van der Waals surface area contributed by atoms with Crippen molar-refractivity contribution in [2.75, 3.05) is 25.9 Å². The van der Waals surface area contributed by atoms with Gasteiger partial charge >= 0.3 is 5.97 Å². The highest BCUT2D eigenvalue weighted by Crippen LogP contribution is 2.13. The summed E-state index contributed by atoms with van der Waals surface area (Å²) in [6, 6.07) is 1.57. The molecule has 1 aromatic rings. The van der Waals surface area contributed by atoms with E-state index < -0.39 is 5.97 Å². The third-order valence-corrected chi connectivity index (χ3v) is 2.67. The van der Waals surface area contributed by atoms with E-state index in [1.807, 2.05) is 6.92 Å². The molecule has 6 nitrogen and oxygen atoms in total. The van der Waals surface area contributed by atoms with Gasteiger partial charge in [-0.25, -0.2) is 0 Å². The Morgan fingerprint density at radius 3 is 2.74 bits per heavy atom. The van der Waals surface area contributed by atoms with Crippen LogP contribution in [0.5, 0.6) is 0 Å². The number of nitrogens with zero attached hydrogens (tertiary/aromatic N) is 2. The predicted molar refractivity (Wildman–Crippen MR) is 71.6 cm³/mol. The number of rotatable bonds is 5. The molecule has 0 aliphatic heterocycles. The molecule has 0 atom stereocenters. The molecule has 1 amide bonds. The minimum atomic E-state index is -0.448. The highest BCUT2D eigenvalue weighted by atomic mass is 16.5. The van der Waals surface area contributed by atoms with Gasteiger partial charge in [0.1, 0.15) is 6.54 Å². The summed E-state index contributed by atoms with van der Waals surface area (Å²) in [6.07, 6.45) is 2.24. The molecule has 1 heterocycles. The molecule has 0 aromatic carbocycles. The number of nitrogen functional groups attached to an aromatic ring is 1. The summed E-state index contributed by atoms with van der Waals surface area (Å²) in [7, 11) is 1.30. The molecule has 0 saturated carbocycles. The topological polar surface area (TPSA) is 85.5 Å². The molecule has 2 N–H and O–H groups in total. The van der Waals surface area contributed by atoms with Crippen molar-refractivity contribution in [2.24, 2.45) is 0 Å². The Hall–Kier alpha value is -2.11. The summed E-state index contributed by atoms with van der Waals surface area (Å²) < 4.78 is 4.59. The van der Waals surface area contributed by atoms with Crippen LogP contribution in [-0.2, 0) is 9.53 Å². The number of methoxy groups -OCH3 is 1. The summed E-state index contributed by atoms with van der Waals surface area (Å²) in [5.41, 5.74) is 7.06. The average Bonchev–Trinajstić information content (AvgIpc) is 2.40. The normalized spacial score (nSPS) is 10.1. The van der Waals surface area contributed by atoms with Gasteiger partial charge in [0.05, 0.1) is 30.3 Å². The van der Waals surface area contributed by atoms with Crippen molar-refractivity contribution in [3.8, 4) is 0 Å². The Kier molecular flexibility index (Phi) is 5.29. The lowest BCUT2D eigenvalue weighted by molar-refractivity contribution is -0.141. The van der Waals surface area contributed by atoms with E-state index in [4.69, 9.17) is 5.73 Å². The number of aromatic nitrogens is 1. The number of carbonyl (C=O) groups excluding carboxylic acids is 2. The second-order valence-electron chi connectivity index (χ2n) is 4.20. The summed E-state index contributed by atoms with van der Waals surface area (Å²) in [5.74, 6) is -0.708. The first-order chi connectivity index (χ1) is 8.99. The van der Waals surface area contributed by atoms with Crippen LogP contribution in [0.3, 0.4) is 0 Å². The average molecular weight is 265 g/mol. The van der Waals surface area contributed by atoms with Crippen molar-refractivity contribution < 1.29 is 14.3 Å². The number of anilines is 1. The van der Waals surface area contributed by atoms with Gasteiger partial charge in [-0.3, -0.25) is 14.6 Å². The second kappa shape index (κ2) is 6.72. The number of esters is 1. The van der Waals surface area contributed by atoms with Gasteiger partial charge in [0.25, 0.3) is 5.91 Å². The number of hydrogen-bond acceptors (Lipinski definition) is 5. The molecule has 0 radical (unpaired) electrons. The molecule has 0 aliphatic carbocycles. The smallest absolute Gasteiger partial charge is 0.325 e. The Morgan fingerprint density at radius 2 is 2.16 bits per heavy atom. The van der Waals surface area contributed by atoms with E-state index in [2.05, 4.69) is 9.72 Å². The molecule has 1 aromatic heterocycles. The van der Waals surface area contributed by atoms with Gasteiger partial charge in [-0.15, -0.1) is 0 Å². The molecule has 0 aliphatic rings. The minimum absolute atomic E-state index is 0.0720. The standard InChI is InChI=1S/C13H19N3O3/c1-4-5-16(8-12(17)19-3)13(18)11-6-10(14)7-15-9(11)2/h6-7H,4-5,8,14H2,1-3H3. The monoisotopic (exact) mass is 265 g/mol. The van der Waals surface area contributed by atoms with E-state index in [0.29, 0.717) is 23.5 Å². The molecule has 6 heteroatoms. The fraction of sp³-hybridized carbons (Fsp3) is 0.462. The lowest BCUT2D eigenvalue weighted by Gasteiger charge is -2.21. The van der Waals surface area contributed by atoms with E-state index in [1.165, 1.54) is 18.2 Å². The van der Waals surface area contributed by atoms with Crippen LogP contribution in [0.15, 0.2) is 12.3 Å². The zero-order valence-corrected chi connectivity index (χ0v) is 11.5. The second-order valence-corrected chi connectivity index (χ2v) is 4.20. The van der Waals surface area contributed by atoms with Gasteiger partial charge in [0.15, 0.2) is 0 Å². The molecule has 104 valence electrons. The largest absolute Gasteiger partial charge is 0.468 e. The number of carbonyl (C=O) groups is 2. The third-order valence-electron chi connectivity index (χ3n) is 2.67. The number of hydrogen-bond donors (Lipinski definition) is 1. The van der Waals surface area contributed by atoms with Crippen molar-refractivity contribution >= 4 is 17.6 Å². The van der Waals surface area contributed by atoms with Gasteiger partial charge in [-0.2, -0.15) is 0 Å². The first kappa shape index (κ1) is 14.9. The van der Waals surface area contributed by atoms with Crippen LogP contribution in [-0.4, -0.2) is 42.0 Å². The third kappa shape index (κ3) is 3.94. The molecular weight excluding hydrogens is 246 g/mol. The lowest BCUT2D eigenvalue weighted by atomic mass is 10.1. The summed E-state index contributed by atoms with van der Waals surface area (Å²) in [6.45, 7) is 4.07. The van der Waals surface area contributed by atoms with Crippen LogP contribution in [0.2, 0.25) is 0 Å². The minimum Gasteiger partial charge on any atom is -0.468 e. The molecule has 0 unspecified atom stereocenters. The zero-order chi connectivity index (χ0) is 14.4. The lowest BCUT2D eigenvalue weighted by Crippen LogP contribution is -2.37. The molecule has 0 bridgehead atoms. The van der Waals surface area contributed by atoms with E-state index in [1.54, 1.807) is 13.0 Å². The molecule has 1 rings (SSSR count). The van der Waals surface area contributed by atoms with Crippen molar-refractivity contribution in [1.82, 2.24) is 9.88 Å². The SMILES string of the molecule is CCCN(CC(=O)OC)C(=O)c1cc(N)cnc1C. The van der Waals surface area contributed by atoms with E-state index in [0.717, 1.165) is 6.42 Å². The fourth-order valence-corrected chi connectivity index (χ4v) is 1.68. The number of pyridine rings is 1. The maximum Gasteiger partial charge on any atom is 0.325 e. The Balaban J connectivity index is 2.98. The van der Waals surface area contributed by atoms with E-state index in [9.17, 15) is 9.59 Å². The highest BCUT2D eigenvalue weighted by Gasteiger charge is 2.20. The summed E-state index contributed by atoms with van der Waals surface area (Å²) >= 11 is 0. The Bertz CT molecular complexity index is 474. The van der Waals surface area contributed by atoms with Crippen molar-refractivity contribution in [2.45, 2.75) is 20.3 Å². The van der Waals surface area contributed by atoms with Crippen LogP contribution in [0.4, 0.5) is 5.69 Å². The molecular formula is C13H19N3O3. The number of amides is 1. The van der Waals surface area contributed by atoms with Crippen LogP contribution in [0.1, 0.15) is 29.4 Å².